The molecule has 23 heavy (non-hydrogen) atoms. The lowest BCUT2D eigenvalue weighted by molar-refractivity contribution is -0.0496. The lowest BCUT2D eigenvalue weighted by Gasteiger charge is -2.33. The fourth-order valence-corrected chi connectivity index (χ4v) is 2.61. The van der Waals surface area contributed by atoms with Crippen LogP contribution in [0.4, 0.5) is 13.6 Å². The number of nitrogens with zero attached hydrogens (tertiary/aromatic N) is 1. The van der Waals surface area contributed by atoms with Crippen LogP contribution in [0.5, 0.6) is 0 Å². The van der Waals surface area contributed by atoms with Gasteiger partial charge in [-0.1, -0.05) is 13.0 Å². The molecule has 5 nitrogen and oxygen atoms in total. The molecule has 1 aliphatic heterocycles. The minimum atomic E-state index is -0.656. The summed E-state index contributed by atoms with van der Waals surface area (Å²) in [6, 6.07) is 2.59. The number of rotatable bonds is 5. The molecule has 2 rings (SSSR count). The van der Waals surface area contributed by atoms with Crippen molar-refractivity contribution in [3.63, 3.8) is 0 Å². The van der Waals surface area contributed by atoms with Crippen molar-refractivity contribution in [3.05, 3.63) is 35.4 Å². The zero-order chi connectivity index (χ0) is 16.8. The lowest BCUT2D eigenvalue weighted by atomic mass is 10.0. The van der Waals surface area contributed by atoms with Gasteiger partial charge in [0.2, 0.25) is 0 Å². The van der Waals surface area contributed by atoms with Crippen LogP contribution < -0.4 is 5.32 Å². The van der Waals surface area contributed by atoms with Crippen molar-refractivity contribution in [3.8, 4) is 0 Å². The monoisotopic (exact) mass is 328 g/mol. The Hall–Kier alpha value is -1.73. The Morgan fingerprint density at radius 2 is 2.30 bits per heavy atom. The molecule has 0 saturated carbocycles. The molecule has 128 valence electrons. The molecule has 0 radical (unpaired) electrons. The summed E-state index contributed by atoms with van der Waals surface area (Å²) in [6.45, 7) is 3.56. The molecule has 1 saturated heterocycles. The third-order valence-electron chi connectivity index (χ3n) is 3.82. The minimum absolute atomic E-state index is 0.165. The first kappa shape index (κ1) is 17.6. The van der Waals surface area contributed by atoms with Gasteiger partial charge in [-0.05, 0) is 12.5 Å². The number of benzene rings is 1. The van der Waals surface area contributed by atoms with Gasteiger partial charge in [0, 0.05) is 25.3 Å². The second kappa shape index (κ2) is 8.21. The van der Waals surface area contributed by atoms with Crippen molar-refractivity contribution >= 4 is 6.03 Å². The average molecular weight is 328 g/mol. The summed E-state index contributed by atoms with van der Waals surface area (Å²) in [4.78, 5) is 14.0. The highest BCUT2D eigenvalue weighted by Crippen LogP contribution is 2.21. The van der Waals surface area contributed by atoms with Crippen LogP contribution in [0.2, 0.25) is 0 Å². The summed E-state index contributed by atoms with van der Waals surface area (Å²) < 4.78 is 37.5. The number of urea groups is 1. The summed E-state index contributed by atoms with van der Waals surface area (Å²) >= 11 is 0. The molecular weight excluding hydrogens is 306 g/mol. The summed E-state index contributed by atoms with van der Waals surface area (Å²) in [5.41, 5.74) is 0.281. The van der Waals surface area contributed by atoms with Crippen LogP contribution in [0.15, 0.2) is 18.2 Å². The van der Waals surface area contributed by atoms with Crippen LogP contribution in [-0.2, 0) is 9.47 Å². The summed E-state index contributed by atoms with van der Waals surface area (Å²) in [6.07, 6.45) is 0.335. The van der Waals surface area contributed by atoms with Crippen molar-refractivity contribution in [1.29, 1.82) is 0 Å². The Morgan fingerprint density at radius 1 is 1.52 bits per heavy atom. The quantitative estimate of drug-likeness (QED) is 0.903. The highest BCUT2D eigenvalue weighted by molar-refractivity contribution is 5.75. The first-order chi connectivity index (χ1) is 11.0. The molecule has 1 aliphatic rings. The van der Waals surface area contributed by atoms with Crippen molar-refractivity contribution in [2.24, 2.45) is 0 Å². The molecule has 2 amide bonds. The Morgan fingerprint density at radius 3 is 2.96 bits per heavy atom. The summed E-state index contributed by atoms with van der Waals surface area (Å²) in [5, 5.41) is 2.80. The number of carbonyl (C=O) groups excluding carboxylic acids is 1. The van der Waals surface area contributed by atoms with E-state index in [2.05, 4.69) is 5.32 Å². The second-order valence-corrected chi connectivity index (χ2v) is 5.47. The highest BCUT2D eigenvalue weighted by atomic mass is 19.1. The first-order valence-corrected chi connectivity index (χ1v) is 7.66. The molecule has 0 aromatic heterocycles. The van der Waals surface area contributed by atoms with Crippen LogP contribution in [0.25, 0.3) is 0 Å². The molecule has 0 unspecified atom stereocenters. The van der Waals surface area contributed by atoms with E-state index in [1.165, 1.54) is 12.1 Å². The molecule has 0 bridgehead atoms. The first-order valence-electron chi connectivity index (χ1n) is 7.66. The fourth-order valence-electron chi connectivity index (χ4n) is 2.61. The topological polar surface area (TPSA) is 50.8 Å². The maximum atomic E-state index is 13.9. The number of hydrogen-bond acceptors (Lipinski definition) is 3. The van der Waals surface area contributed by atoms with Crippen LogP contribution >= 0.6 is 0 Å². The van der Waals surface area contributed by atoms with Crippen molar-refractivity contribution in [2.75, 3.05) is 33.4 Å². The maximum absolute atomic E-state index is 13.9. The summed E-state index contributed by atoms with van der Waals surface area (Å²) in [7, 11) is 1.58. The zero-order valence-electron chi connectivity index (χ0n) is 13.4. The van der Waals surface area contributed by atoms with Gasteiger partial charge in [-0.15, -0.1) is 0 Å². The van der Waals surface area contributed by atoms with E-state index in [4.69, 9.17) is 9.47 Å². The van der Waals surface area contributed by atoms with E-state index in [0.717, 1.165) is 6.07 Å². The molecule has 1 fully saturated rings. The number of nitrogens with one attached hydrogen (secondary N) is 1. The number of amides is 2. The standard InChI is InChI=1S/C16H22F2N2O3/c1-3-15(13-5-4-11(17)8-14(13)18)19-16(21)20-6-7-23-12(9-20)10-22-2/h4-5,8,12,15H,3,6-7,9-10H2,1-2H3,(H,19,21)/t12-,15+/m0/s1. The van der Waals surface area contributed by atoms with E-state index in [1.54, 1.807) is 12.0 Å². The Balaban J connectivity index is 2.01. The van der Waals surface area contributed by atoms with Gasteiger partial charge in [0.1, 0.15) is 11.6 Å². The summed E-state index contributed by atoms with van der Waals surface area (Å²) in [5.74, 6) is -1.29. The van der Waals surface area contributed by atoms with E-state index in [9.17, 15) is 13.6 Å². The Labute approximate surface area is 134 Å². The smallest absolute Gasteiger partial charge is 0.318 e. The largest absolute Gasteiger partial charge is 0.382 e. The van der Waals surface area contributed by atoms with Crippen LogP contribution in [0, 0.1) is 11.6 Å². The number of hydrogen-bond donors (Lipinski definition) is 1. The van der Waals surface area contributed by atoms with E-state index in [0.29, 0.717) is 32.7 Å². The van der Waals surface area contributed by atoms with Gasteiger partial charge in [0.05, 0.1) is 31.9 Å². The minimum Gasteiger partial charge on any atom is -0.382 e. The highest BCUT2D eigenvalue weighted by Gasteiger charge is 2.26. The number of ether oxygens (including phenoxy) is 2. The molecule has 1 heterocycles. The van der Waals surface area contributed by atoms with Gasteiger partial charge in [0.25, 0.3) is 0 Å². The second-order valence-electron chi connectivity index (χ2n) is 5.47. The Kier molecular flexibility index (Phi) is 6.29. The van der Waals surface area contributed by atoms with Gasteiger partial charge in [-0.25, -0.2) is 13.6 Å². The third kappa shape index (κ3) is 4.62. The third-order valence-corrected chi connectivity index (χ3v) is 3.82. The zero-order valence-corrected chi connectivity index (χ0v) is 13.4. The van der Waals surface area contributed by atoms with Gasteiger partial charge in [0.15, 0.2) is 0 Å². The number of carbonyl (C=O) groups is 1. The van der Waals surface area contributed by atoms with Crippen LogP contribution in [-0.4, -0.2) is 50.4 Å². The molecule has 7 heteroatoms. The predicted molar refractivity (Wildman–Crippen MR) is 81.1 cm³/mol. The van der Waals surface area contributed by atoms with E-state index < -0.39 is 17.7 Å². The lowest BCUT2D eigenvalue weighted by Crippen LogP contribution is -2.51. The average Bonchev–Trinajstić information content (AvgIpc) is 2.53. The number of halogens is 2. The van der Waals surface area contributed by atoms with Crippen LogP contribution in [0.1, 0.15) is 24.9 Å². The molecule has 0 aliphatic carbocycles. The molecule has 1 aromatic rings. The van der Waals surface area contributed by atoms with Gasteiger partial charge >= 0.3 is 6.03 Å². The molecular formula is C16H22F2N2O3. The van der Waals surface area contributed by atoms with Crippen molar-refractivity contribution in [1.82, 2.24) is 10.2 Å². The van der Waals surface area contributed by atoms with Crippen LogP contribution in [0.3, 0.4) is 0 Å². The van der Waals surface area contributed by atoms with E-state index in [-0.39, 0.29) is 17.7 Å². The van der Waals surface area contributed by atoms with E-state index >= 15 is 0 Å². The van der Waals surface area contributed by atoms with Crippen molar-refractivity contribution < 1.29 is 23.0 Å². The van der Waals surface area contributed by atoms with Crippen molar-refractivity contribution in [2.45, 2.75) is 25.5 Å². The normalized spacial score (nSPS) is 19.5. The van der Waals surface area contributed by atoms with Gasteiger partial charge in [-0.2, -0.15) is 0 Å². The molecule has 2 atom stereocenters. The Bertz CT molecular complexity index is 540. The SMILES string of the molecule is CC[C@@H](NC(=O)N1CCO[C@H](COC)C1)c1ccc(F)cc1F. The van der Waals surface area contributed by atoms with Gasteiger partial charge in [-0.3, -0.25) is 0 Å². The molecule has 0 spiro atoms. The fraction of sp³-hybridized carbons (Fsp3) is 0.562. The maximum Gasteiger partial charge on any atom is 0.318 e. The number of morpholine rings is 1. The van der Waals surface area contributed by atoms with Gasteiger partial charge < -0.3 is 19.7 Å². The molecule has 1 aromatic carbocycles. The predicted octanol–water partition coefficient (Wildman–Crippen LogP) is 2.47. The van der Waals surface area contributed by atoms with E-state index in [1.807, 2.05) is 6.92 Å². The number of methoxy groups -OCH3 is 1. The molecule has 1 N–H and O–H groups in total.